The van der Waals surface area contributed by atoms with Crippen LogP contribution in [0.4, 0.5) is 0 Å². The number of hydrogen-bond donors (Lipinski definition) is 0. The molecule has 3 aromatic rings. The van der Waals surface area contributed by atoms with E-state index < -0.39 is 10.3 Å². The number of hydrogen-bond acceptors (Lipinski definition) is 3. The predicted octanol–water partition coefficient (Wildman–Crippen LogP) is 7.02. The molecule has 3 nitrogen and oxygen atoms in total. The molecule has 29 heavy (non-hydrogen) atoms. The summed E-state index contributed by atoms with van der Waals surface area (Å²) in [5.41, 5.74) is 0. The molecular weight excluding hydrogens is 380 g/mol. The van der Waals surface area contributed by atoms with Crippen molar-refractivity contribution in [2.75, 3.05) is 6.61 Å². The zero-order valence-corrected chi connectivity index (χ0v) is 17.9. The summed E-state index contributed by atoms with van der Waals surface area (Å²) in [7, 11) is -2.18. The van der Waals surface area contributed by atoms with Crippen LogP contribution in [-0.2, 0) is 8.98 Å². The quantitative estimate of drug-likeness (QED) is 0.357. The SMILES string of the molecule is CCCCCOc1ccc(S(OC(C)=O)(c2ccccc2)c2ccccc2)cc1. The number of carbonyl (C=O) groups is 1. The van der Waals surface area contributed by atoms with E-state index in [1.165, 1.54) is 19.8 Å². The van der Waals surface area contributed by atoms with Gasteiger partial charge in [-0.2, -0.15) is 0 Å². The Morgan fingerprint density at radius 3 is 1.76 bits per heavy atom. The molecule has 0 saturated heterocycles. The lowest BCUT2D eigenvalue weighted by Gasteiger charge is -2.39. The molecule has 4 heteroatoms. The average molecular weight is 409 g/mol. The molecule has 0 unspecified atom stereocenters. The summed E-state index contributed by atoms with van der Waals surface area (Å²) in [5.74, 6) is 0.537. The van der Waals surface area contributed by atoms with E-state index >= 15 is 0 Å². The molecular formula is C25H28O3S. The lowest BCUT2D eigenvalue weighted by molar-refractivity contribution is -0.131. The van der Waals surface area contributed by atoms with Crippen LogP contribution in [0.3, 0.4) is 0 Å². The van der Waals surface area contributed by atoms with Crippen LogP contribution in [0, 0.1) is 0 Å². The lowest BCUT2D eigenvalue weighted by Crippen LogP contribution is -2.11. The first-order valence-electron chi connectivity index (χ1n) is 10.0. The molecule has 0 heterocycles. The van der Waals surface area contributed by atoms with Gasteiger partial charge in [0, 0.05) is 21.6 Å². The monoisotopic (exact) mass is 408 g/mol. The summed E-state index contributed by atoms with van der Waals surface area (Å²) in [6.07, 6.45) is 3.39. The molecule has 0 fully saturated rings. The fraction of sp³-hybridized carbons (Fsp3) is 0.240. The standard InChI is InChI=1S/C25H28O3S/c1-3-4-11-20-27-22-16-18-25(19-17-22)29(28-21(2)26,23-12-7-5-8-13-23)24-14-9-6-10-15-24/h5-10,12-19H,3-4,11,20H2,1-2H3. The molecule has 0 bridgehead atoms. The van der Waals surface area contributed by atoms with E-state index in [2.05, 4.69) is 6.92 Å². The van der Waals surface area contributed by atoms with Crippen LogP contribution in [0.1, 0.15) is 33.1 Å². The summed E-state index contributed by atoms with van der Waals surface area (Å²) in [5, 5.41) is 0. The lowest BCUT2D eigenvalue weighted by atomic mass is 10.3. The third kappa shape index (κ3) is 5.01. The van der Waals surface area contributed by atoms with Gasteiger partial charge in [-0.15, -0.1) is 0 Å². The van der Waals surface area contributed by atoms with E-state index in [0.29, 0.717) is 6.61 Å². The molecule has 0 aliphatic heterocycles. The Balaban J connectivity index is 2.04. The van der Waals surface area contributed by atoms with Crippen molar-refractivity contribution < 1.29 is 13.7 Å². The van der Waals surface area contributed by atoms with Gasteiger partial charge in [0.1, 0.15) is 5.75 Å². The zero-order chi connectivity index (χ0) is 20.5. The second kappa shape index (κ2) is 10.2. The van der Waals surface area contributed by atoms with Crippen LogP contribution in [0.2, 0.25) is 0 Å². The summed E-state index contributed by atoms with van der Waals surface area (Å²) in [4.78, 5) is 15.2. The van der Waals surface area contributed by atoms with Crippen LogP contribution in [0.5, 0.6) is 5.75 Å². The van der Waals surface area contributed by atoms with Crippen molar-refractivity contribution >= 4 is 16.3 Å². The van der Waals surface area contributed by atoms with Crippen molar-refractivity contribution in [3.8, 4) is 5.75 Å². The van der Waals surface area contributed by atoms with Gasteiger partial charge in [-0.1, -0.05) is 56.2 Å². The summed E-state index contributed by atoms with van der Waals surface area (Å²) >= 11 is 0. The molecule has 0 atom stereocenters. The Labute approximate surface area is 175 Å². The first-order valence-corrected chi connectivity index (χ1v) is 11.6. The summed E-state index contributed by atoms with van der Waals surface area (Å²) in [6, 6.07) is 28.0. The highest BCUT2D eigenvalue weighted by molar-refractivity contribution is 8.30. The minimum Gasteiger partial charge on any atom is -0.494 e. The third-order valence-corrected chi connectivity index (χ3v) is 7.86. The molecule has 0 spiro atoms. The maximum absolute atomic E-state index is 12.2. The Bertz CT molecular complexity index is 853. The van der Waals surface area contributed by atoms with E-state index in [4.69, 9.17) is 8.92 Å². The van der Waals surface area contributed by atoms with Gasteiger partial charge in [-0.05, 0) is 65.3 Å². The molecule has 0 aromatic heterocycles. The Morgan fingerprint density at radius 2 is 1.28 bits per heavy atom. The molecule has 3 rings (SSSR count). The summed E-state index contributed by atoms with van der Waals surface area (Å²) in [6.45, 7) is 4.37. The minimum atomic E-state index is -2.18. The predicted molar refractivity (Wildman–Crippen MR) is 119 cm³/mol. The second-order valence-corrected chi connectivity index (χ2v) is 9.48. The minimum absolute atomic E-state index is 0.299. The number of ether oxygens (including phenoxy) is 1. The van der Waals surface area contributed by atoms with Gasteiger partial charge in [0.25, 0.3) is 0 Å². The molecule has 3 aromatic carbocycles. The average Bonchev–Trinajstić information content (AvgIpc) is 2.77. The van der Waals surface area contributed by atoms with Crippen molar-refractivity contribution in [3.05, 3.63) is 84.9 Å². The van der Waals surface area contributed by atoms with Crippen LogP contribution in [0.15, 0.2) is 99.6 Å². The molecule has 0 N–H and O–H groups in total. The number of carbonyl (C=O) groups excluding carboxylic acids is 1. The Hall–Kier alpha value is -2.72. The van der Waals surface area contributed by atoms with Crippen molar-refractivity contribution in [2.45, 2.75) is 47.8 Å². The molecule has 0 saturated carbocycles. The highest BCUT2D eigenvalue weighted by Gasteiger charge is 2.34. The van der Waals surface area contributed by atoms with Gasteiger partial charge in [0.05, 0.1) is 6.61 Å². The maximum Gasteiger partial charge on any atom is 0.313 e. The van der Waals surface area contributed by atoms with Gasteiger partial charge in [-0.25, -0.2) is 0 Å². The normalized spacial score (nSPS) is 11.7. The van der Waals surface area contributed by atoms with Gasteiger partial charge in [0.15, 0.2) is 0 Å². The van der Waals surface area contributed by atoms with E-state index in [-0.39, 0.29) is 5.97 Å². The number of unbranched alkanes of at least 4 members (excludes halogenated alkanes) is 2. The third-order valence-electron chi connectivity index (χ3n) is 4.56. The number of rotatable bonds is 9. The largest absolute Gasteiger partial charge is 0.494 e. The number of benzene rings is 3. The van der Waals surface area contributed by atoms with Crippen molar-refractivity contribution in [1.82, 2.24) is 0 Å². The topological polar surface area (TPSA) is 35.5 Å². The molecule has 0 radical (unpaired) electrons. The van der Waals surface area contributed by atoms with Crippen molar-refractivity contribution in [3.63, 3.8) is 0 Å². The van der Waals surface area contributed by atoms with Gasteiger partial charge in [-0.3, -0.25) is 4.79 Å². The Kier molecular flexibility index (Phi) is 7.36. The van der Waals surface area contributed by atoms with E-state index in [9.17, 15) is 4.79 Å². The van der Waals surface area contributed by atoms with E-state index in [1.54, 1.807) is 0 Å². The molecule has 0 aliphatic carbocycles. The van der Waals surface area contributed by atoms with Crippen LogP contribution < -0.4 is 4.74 Å². The van der Waals surface area contributed by atoms with Crippen LogP contribution in [0.25, 0.3) is 0 Å². The first kappa shape index (κ1) is 21.0. The fourth-order valence-electron chi connectivity index (χ4n) is 3.22. The van der Waals surface area contributed by atoms with Gasteiger partial charge < -0.3 is 8.92 Å². The molecule has 0 aliphatic rings. The molecule has 0 amide bonds. The van der Waals surface area contributed by atoms with Crippen molar-refractivity contribution in [1.29, 1.82) is 0 Å². The smallest absolute Gasteiger partial charge is 0.313 e. The van der Waals surface area contributed by atoms with Gasteiger partial charge >= 0.3 is 5.97 Å². The highest BCUT2D eigenvalue weighted by Crippen LogP contribution is 2.69. The zero-order valence-electron chi connectivity index (χ0n) is 17.0. The van der Waals surface area contributed by atoms with E-state index in [0.717, 1.165) is 26.9 Å². The Morgan fingerprint density at radius 1 is 0.759 bits per heavy atom. The van der Waals surface area contributed by atoms with E-state index in [1.807, 2.05) is 84.9 Å². The van der Waals surface area contributed by atoms with Gasteiger partial charge in [0.2, 0.25) is 0 Å². The molecule has 152 valence electrons. The maximum atomic E-state index is 12.2. The van der Waals surface area contributed by atoms with Crippen molar-refractivity contribution in [2.24, 2.45) is 0 Å². The van der Waals surface area contributed by atoms with Crippen LogP contribution >= 0.6 is 10.3 Å². The highest BCUT2D eigenvalue weighted by atomic mass is 32.3. The van der Waals surface area contributed by atoms with Crippen LogP contribution in [-0.4, -0.2) is 12.6 Å². The first-order chi connectivity index (χ1) is 14.2. The fourth-order valence-corrected chi connectivity index (χ4v) is 6.28. The summed E-state index contributed by atoms with van der Waals surface area (Å²) < 4.78 is 12.0. The second-order valence-electron chi connectivity index (χ2n) is 6.78.